The molecule has 0 N–H and O–H groups in total. The molecule has 0 radical (unpaired) electrons. The molecule has 1 saturated heterocycles. The van der Waals surface area contributed by atoms with E-state index >= 15 is 0 Å². The smallest absolute Gasteiger partial charge is 0.264 e. The number of benzene rings is 1. The number of hydrogen-bond donors (Lipinski definition) is 0. The fourth-order valence-electron chi connectivity index (χ4n) is 3.35. The number of carbonyl (C=O) groups excluding carboxylic acids is 1. The molecule has 1 aliphatic rings. The van der Waals surface area contributed by atoms with E-state index in [4.69, 9.17) is 9.15 Å². The van der Waals surface area contributed by atoms with Crippen LogP contribution in [0, 0.1) is 0 Å². The molecule has 1 aromatic carbocycles. The molecule has 134 valence electrons. The summed E-state index contributed by atoms with van der Waals surface area (Å²) in [7, 11) is 1.66. The van der Waals surface area contributed by atoms with Gasteiger partial charge in [-0.1, -0.05) is 18.2 Å². The molecule has 3 heterocycles. The lowest BCUT2D eigenvalue weighted by Crippen LogP contribution is -2.30. The summed E-state index contributed by atoms with van der Waals surface area (Å²) in [5.41, 5.74) is 1.10. The van der Waals surface area contributed by atoms with E-state index in [0.29, 0.717) is 12.3 Å². The second kappa shape index (κ2) is 7.33. The van der Waals surface area contributed by atoms with Crippen LogP contribution in [-0.4, -0.2) is 29.4 Å². The maximum absolute atomic E-state index is 12.7. The van der Waals surface area contributed by atoms with Crippen LogP contribution in [-0.2, 0) is 6.42 Å². The van der Waals surface area contributed by atoms with Crippen LogP contribution >= 0.6 is 11.3 Å². The third kappa shape index (κ3) is 3.37. The molecule has 3 aromatic rings. The quantitative estimate of drug-likeness (QED) is 0.673. The van der Waals surface area contributed by atoms with Gasteiger partial charge < -0.3 is 14.1 Å². The second-order valence-corrected chi connectivity index (χ2v) is 7.27. The Kier molecular flexibility index (Phi) is 4.75. The molecular formula is C20H20N2O3S. The van der Waals surface area contributed by atoms with E-state index in [2.05, 4.69) is 4.98 Å². The molecule has 5 nitrogen and oxygen atoms in total. The van der Waals surface area contributed by atoms with E-state index in [0.717, 1.165) is 41.3 Å². The first-order chi connectivity index (χ1) is 12.7. The molecule has 6 heteroatoms. The van der Waals surface area contributed by atoms with Crippen molar-refractivity contribution >= 4 is 17.2 Å². The normalized spacial score (nSPS) is 16.8. The molecule has 1 unspecified atom stereocenters. The van der Waals surface area contributed by atoms with Gasteiger partial charge in [-0.2, -0.15) is 0 Å². The van der Waals surface area contributed by atoms with Crippen LogP contribution in [0.15, 0.2) is 52.4 Å². The van der Waals surface area contributed by atoms with Gasteiger partial charge in [0.1, 0.15) is 17.6 Å². The Labute approximate surface area is 156 Å². The summed E-state index contributed by atoms with van der Waals surface area (Å²) >= 11 is 1.47. The molecule has 4 rings (SSSR count). The molecule has 0 spiro atoms. The Morgan fingerprint density at radius 2 is 2.31 bits per heavy atom. The number of ether oxygens (including phenoxy) is 1. The first kappa shape index (κ1) is 16.8. The molecular weight excluding hydrogens is 348 g/mol. The molecule has 0 saturated carbocycles. The van der Waals surface area contributed by atoms with Crippen LogP contribution in [0.2, 0.25) is 0 Å². The van der Waals surface area contributed by atoms with Crippen LogP contribution in [0.25, 0.3) is 0 Å². The Balaban J connectivity index is 1.50. The van der Waals surface area contributed by atoms with Gasteiger partial charge in [-0.25, -0.2) is 4.98 Å². The van der Waals surface area contributed by atoms with E-state index < -0.39 is 0 Å². The predicted molar refractivity (Wildman–Crippen MR) is 99.6 cm³/mol. The molecule has 1 aliphatic heterocycles. The second-order valence-electron chi connectivity index (χ2n) is 6.33. The van der Waals surface area contributed by atoms with Crippen LogP contribution in [0.1, 0.15) is 45.8 Å². The zero-order valence-electron chi connectivity index (χ0n) is 14.6. The topological polar surface area (TPSA) is 55.6 Å². The van der Waals surface area contributed by atoms with Gasteiger partial charge in [-0.15, -0.1) is 11.3 Å². The first-order valence-corrected chi connectivity index (χ1v) is 9.54. The van der Waals surface area contributed by atoms with Crippen LogP contribution in [0.3, 0.4) is 0 Å². The van der Waals surface area contributed by atoms with Gasteiger partial charge >= 0.3 is 0 Å². The largest absolute Gasteiger partial charge is 0.497 e. The predicted octanol–water partition coefficient (Wildman–Crippen LogP) is 4.31. The van der Waals surface area contributed by atoms with E-state index in [1.54, 1.807) is 13.3 Å². The summed E-state index contributed by atoms with van der Waals surface area (Å²) in [6, 6.07) is 11.6. The van der Waals surface area contributed by atoms with Gasteiger partial charge in [-0.05, 0) is 42.0 Å². The molecule has 1 fully saturated rings. The number of carbonyl (C=O) groups is 1. The summed E-state index contributed by atoms with van der Waals surface area (Å²) in [6.07, 6.45) is 4.27. The first-order valence-electron chi connectivity index (χ1n) is 8.66. The van der Waals surface area contributed by atoms with Gasteiger partial charge in [0.2, 0.25) is 5.89 Å². The number of amides is 1. The Morgan fingerprint density at radius 1 is 1.38 bits per heavy atom. The highest BCUT2D eigenvalue weighted by Crippen LogP contribution is 2.33. The van der Waals surface area contributed by atoms with Crippen LogP contribution in [0.4, 0.5) is 0 Å². The SMILES string of the molecule is COc1cccc(Cc2cnc(C3CCCN3C(=O)c3cccs3)o2)c1. The third-order valence-corrected chi connectivity index (χ3v) is 5.47. The van der Waals surface area contributed by atoms with E-state index in [-0.39, 0.29) is 11.9 Å². The molecule has 1 atom stereocenters. The zero-order valence-corrected chi connectivity index (χ0v) is 15.4. The fraction of sp³-hybridized carbons (Fsp3) is 0.300. The molecule has 1 amide bonds. The van der Waals surface area contributed by atoms with Gasteiger partial charge in [0.15, 0.2) is 0 Å². The van der Waals surface area contributed by atoms with Crippen molar-refractivity contribution in [2.75, 3.05) is 13.7 Å². The molecule has 2 aromatic heterocycles. The zero-order chi connectivity index (χ0) is 17.9. The van der Waals surface area contributed by atoms with Crippen molar-refractivity contribution in [3.63, 3.8) is 0 Å². The molecule has 0 aliphatic carbocycles. The minimum Gasteiger partial charge on any atom is -0.497 e. The lowest BCUT2D eigenvalue weighted by Gasteiger charge is -2.21. The van der Waals surface area contributed by atoms with Crippen molar-refractivity contribution < 1.29 is 13.9 Å². The minimum atomic E-state index is -0.0799. The third-order valence-electron chi connectivity index (χ3n) is 4.61. The van der Waals surface area contributed by atoms with Crippen LogP contribution in [0.5, 0.6) is 5.75 Å². The maximum Gasteiger partial charge on any atom is 0.264 e. The van der Waals surface area contributed by atoms with E-state index in [9.17, 15) is 4.79 Å². The number of likely N-dealkylation sites (tertiary alicyclic amines) is 1. The van der Waals surface area contributed by atoms with E-state index in [1.807, 2.05) is 46.7 Å². The number of rotatable bonds is 5. The highest BCUT2D eigenvalue weighted by atomic mass is 32.1. The number of thiophene rings is 1. The Morgan fingerprint density at radius 3 is 3.12 bits per heavy atom. The fourth-order valence-corrected chi connectivity index (χ4v) is 4.03. The van der Waals surface area contributed by atoms with Crippen molar-refractivity contribution in [3.8, 4) is 5.75 Å². The van der Waals surface area contributed by atoms with E-state index in [1.165, 1.54) is 11.3 Å². The Hall–Kier alpha value is -2.60. The Bertz CT molecular complexity index is 888. The van der Waals surface area contributed by atoms with Crippen molar-refractivity contribution in [1.82, 2.24) is 9.88 Å². The van der Waals surface area contributed by atoms with Crippen molar-refractivity contribution in [1.29, 1.82) is 0 Å². The summed E-state index contributed by atoms with van der Waals surface area (Å²) in [5.74, 6) is 2.31. The number of hydrogen-bond acceptors (Lipinski definition) is 5. The summed E-state index contributed by atoms with van der Waals surface area (Å²) in [6.45, 7) is 0.745. The number of oxazole rings is 1. The monoisotopic (exact) mass is 368 g/mol. The summed E-state index contributed by atoms with van der Waals surface area (Å²) in [4.78, 5) is 19.8. The standard InChI is InChI=1S/C20H20N2O3S/c1-24-15-6-2-5-14(11-15)12-16-13-21-19(25-16)17-7-3-9-22(17)20(23)18-8-4-10-26-18/h2,4-6,8,10-11,13,17H,3,7,9,12H2,1H3. The van der Waals surface area contributed by atoms with Gasteiger partial charge in [0.05, 0.1) is 18.2 Å². The number of aromatic nitrogens is 1. The molecule has 26 heavy (non-hydrogen) atoms. The number of nitrogens with zero attached hydrogens (tertiary/aromatic N) is 2. The van der Waals surface area contributed by atoms with Gasteiger partial charge in [0, 0.05) is 13.0 Å². The average molecular weight is 368 g/mol. The maximum atomic E-state index is 12.7. The van der Waals surface area contributed by atoms with Crippen molar-refractivity contribution in [3.05, 3.63) is 70.1 Å². The highest BCUT2D eigenvalue weighted by molar-refractivity contribution is 7.12. The highest BCUT2D eigenvalue weighted by Gasteiger charge is 2.34. The summed E-state index contributed by atoms with van der Waals surface area (Å²) < 4.78 is 11.3. The lowest BCUT2D eigenvalue weighted by atomic mass is 10.1. The number of methoxy groups -OCH3 is 1. The summed E-state index contributed by atoms with van der Waals surface area (Å²) in [5, 5.41) is 1.93. The van der Waals surface area contributed by atoms with Crippen molar-refractivity contribution in [2.45, 2.75) is 25.3 Å². The van der Waals surface area contributed by atoms with Crippen LogP contribution < -0.4 is 4.74 Å². The lowest BCUT2D eigenvalue weighted by molar-refractivity contribution is 0.0719. The molecule has 0 bridgehead atoms. The average Bonchev–Trinajstić information content (AvgIpc) is 3.41. The minimum absolute atomic E-state index is 0.0649. The van der Waals surface area contributed by atoms with Gasteiger partial charge in [-0.3, -0.25) is 4.79 Å². The van der Waals surface area contributed by atoms with Gasteiger partial charge in [0.25, 0.3) is 5.91 Å². The van der Waals surface area contributed by atoms with Crippen molar-refractivity contribution in [2.24, 2.45) is 0 Å².